The van der Waals surface area contributed by atoms with Crippen LogP contribution in [0.1, 0.15) is 0 Å². The molecule has 0 atom stereocenters. The summed E-state index contributed by atoms with van der Waals surface area (Å²) in [4.78, 5) is 0. The zero-order chi connectivity index (χ0) is 15.9. The molecule has 0 saturated heterocycles. The molecule has 1 fully saturated rings. The third-order valence-electron chi connectivity index (χ3n) is 0.556. The van der Waals surface area contributed by atoms with Crippen LogP contribution in [0, 0.1) is 52.1 Å². The Balaban J connectivity index is -0.0000000482. The van der Waals surface area contributed by atoms with Crippen LogP contribution in [0.3, 0.4) is 0 Å². The molecule has 1 saturated carbocycles. The minimum Gasteiger partial charge on any atom is -0.0312 e. The van der Waals surface area contributed by atoms with Crippen LogP contribution in [-0.2, 0) is 31.0 Å². The van der Waals surface area contributed by atoms with Crippen molar-refractivity contribution in [3.05, 3.63) is 52.1 Å². The molecule has 0 heterocycles. The zero-order valence-electron chi connectivity index (χ0n) is 8.68. The van der Waals surface area contributed by atoms with E-state index in [2.05, 4.69) is 20.0 Å². The van der Waals surface area contributed by atoms with Crippen LogP contribution in [-0.4, -0.2) is 0 Å². The van der Waals surface area contributed by atoms with Gasteiger partial charge in [0.25, 0.3) is 0 Å². The second-order valence-electron chi connectivity index (χ2n) is 1.92. The van der Waals surface area contributed by atoms with Crippen molar-refractivity contribution in [1.29, 1.82) is 0 Å². The van der Waals surface area contributed by atoms with E-state index in [4.69, 9.17) is 14.0 Å². The standard InChI is InChI=1S/C5H5.3CO.F6P.Fe/c1-2-4-5-3-1;3*1-2;1-7(2,3,4,5)6;/h1-5H;;;;;/q;;;;-1;+2. The molecule has 1 aliphatic rings. The van der Waals surface area contributed by atoms with Gasteiger partial charge in [-0.1, -0.05) is 0 Å². The third-order valence-corrected chi connectivity index (χ3v) is 0.556. The van der Waals surface area contributed by atoms with Crippen molar-refractivity contribution in [1.82, 2.24) is 0 Å². The summed E-state index contributed by atoms with van der Waals surface area (Å²) in [6, 6.07) is 0. The summed E-state index contributed by atoms with van der Waals surface area (Å²) in [5.74, 6) is 0. The summed E-state index contributed by atoms with van der Waals surface area (Å²) in [5.41, 5.74) is 0. The van der Waals surface area contributed by atoms with E-state index in [1.807, 2.05) is 32.1 Å². The van der Waals surface area contributed by atoms with Crippen molar-refractivity contribution in [3.63, 3.8) is 0 Å². The fourth-order valence-electron chi connectivity index (χ4n) is 0.321. The number of halogens is 6. The monoisotopic (exact) mass is 350 g/mol. The van der Waals surface area contributed by atoms with Gasteiger partial charge in [-0.2, -0.15) is 0 Å². The van der Waals surface area contributed by atoms with Gasteiger partial charge in [0.2, 0.25) is 0 Å². The minimum atomic E-state index is -10.7. The maximum absolute atomic E-state index is 10.7. The summed E-state index contributed by atoms with van der Waals surface area (Å²) in [6.07, 6.45) is 10.0. The van der Waals surface area contributed by atoms with E-state index >= 15 is 0 Å². The zero-order valence-corrected chi connectivity index (χ0v) is 10.7. The van der Waals surface area contributed by atoms with Crippen LogP contribution in [0.5, 0.6) is 0 Å². The molecule has 1 rings (SSSR count). The first-order valence-corrected chi connectivity index (χ1v) is 5.32. The van der Waals surface area contributed by atoms with Crippen molar-refractivity contribution in [3.8, 4) is 0 Å². The van der Waals surface area contributed by atoms with Crippen LogP contribution in [0.25, 0.3) is 0 Å². The molecule has 0 aromatic carbocycles. The Bertz CT molecular complexity index is 219. The average Bonchev–Trinajstić information content (AvgIpc) is 2.79. The molecule has 0 aliphatic heterocycles. The molecule has 0 bridgehead atoms. The maximum atomic E-state index is 9.87. The van der Waals surface area contributed by atoms with Crippen LogP contribution >= 0.6 is 7.81 Å². The molecular weight excluding hydrogens is 345 g/mol. The largest absolute Gasteiger partial charge is 2.00 e. The van der Waals surface area contributed by atoms with Crippen molar-refractivity contribution in [2.24, 2.45) is 0 Å². The molecule has 5 radical (unpaired) electrons. The van der Waals surface area contributed by atoms with Crippen LogP contribution in [0.15, 0.2) is 0 Å². The third kappa shape index (κ3) is 195. The predicted octanol–water partition coefficient (Wildman–Crippen LogP) is 4.29. The second kappa shape index (κ2) is 12.8. The SMILES string of the molecule is F[P-](F)(F)(F)(F)F.[C-]#[O+].[C-]#[O+].[C-]#[O+].[CH]1[CH][CH][CH][CH]1.[Fe+2]. The first-order valence-electron chi connectivity index (χ1n) is 3.29. The number of hydrogen-bond donors (Lipinski definition) is 0. The van der Waals surface area contributed by atoms with Gasteiger partial charge in [-0.15, -0.1) is 0 Å². The average molecular weight is 350 g/mol. The fraction of sp³-hybridized carbons (Fsp3) is 0. The van der Waals surface area contributed by atoms with E-state index in [1.54, 1.807) is 0 Å². The molecule has 0 unspecified atom stereocenters. The normalized spacial score (nSPS) is 15.2. The Labute approximate surface area is 117 Å². The summed E-state index contributed by atoms with van der Waals surface area (Å²) < 4.78 is 81.7. The van der Waals surface area contributed by atoms with E-state index in [1.165, 1.54) is 0 Å². The van der Waals surface area contributed by atoms with Crippen molar-refractivity contribution in [2.45, 2.75) is 0 Å². The van der Waals surface area contributed by atoms with Gasteiger partial charge in [0.1, 0.15) is 0 Å². The van der Waals surface area contributed by atoms with Crippen molar-refractivity contribution >= 4 is 7.81 Å². The summed E-state index contributed by atoms with van der Waals surface area (Å²) in [7, 11) is -10.7. The van der Waals surface area contributed by atoms with E-state index in [9.17, 15) is 25.2 Å². The summed E-state index contributed by atoms with van der Waals surface area (Å²) in [5, 5.41) is 0. The molecule has 0 aromatic rings. The van der Waals surface area contributed by atoms with Crippen molar-refractivity contribution < 1.29 is 56.2 Å². The van der Waals surface area contributed by atoms with Crippen LogP contribution in [0.2, 0.25) is 0 Å². The fourth-order valence-corrected chi connectivity index (χ4v) is 0.321. The van der Waals surface area contributed by atoms with E-state index in [0.29, 0.717) is 0 Å². The smallest absolute Gasteiger partial charge is 0.0312 e. The Kier molecular flexibility index (Phi) is 21.0. The second-order valence-corrected chi connectivity index (χ2v) is 3.84. The van der Waals surface area contributed by atoms with E-state index in [0.717, 1.165) is 0 Å². The summed E-state index contributed by atoms with van der Waals surface area (Å²) >= 11 is 0. The van der Waals surface area contributed by atoms with Gasteiger partial charge in [0, 0.05) is 0 Å². The van der Waals surface area contributed by atoms with Gasteiger partial charge >= 0.3 is 84.0 Å². The van der Waals surface area contributed by atoms with Gasteiger partial charge in [0.05, 0.1) is 0 Å². The minimum absolute atomic E-state index is 0. The Hall–Kier alpha value is -0.251. The molecule has 19 heavy (non-hydrogen) atoms. The quantitative estimate of drug-likeness (QED) is 0.206. The topological polar surface area (TPSA) is 59.7 Å². The summed E-state index contributed by atoms with van der Waals surface area (Å²) in [6.45, 7) is 13.5. The Morgan fingerprint density at radius 2 is 0.579 bits per heavy atom. The molecule has 0 N–H and O–H groups in total. The molecule has 0 spiro atoms. The molecule has 11 heteroatoms. The van der Waals surface area contributed by atoms with Gasteiger partial charge in [-0.05, 0) is 32.1 Å². The predicted molar refractivity (Wildman–Crippen MR) is 46.9 cm³/mol. The van der Waals surface area contributed by atoms with E-state index in [-0.39, 0.29) is 17.1 Å². The van der Waals surface area contributed by atoms with Gasteiger partial charge < -0.3 is 0 Å². The van der Waals surface area contributed by atoms with Crippen molar-refractivity contribution in [2.75, 3.05) is 0 Å². The van der Waals surface area contributed by atoms with E-state index < -0.39 is 7.81 Å². The first kappa shape index (κ1) is 31.2. The van der Waals surface area contributed by atoms with Gasteiger partial charge in [-0.3, -0.25) is 0 Å². The van der Waals surface area contributed by atoms with Crippen LogP contribution < -0.4 is 0 Å². The van der Waals surface area contributed by atoms with Crippen LogP contribution in [0.4, 0.5) is 25.2 Å². The Morgan fingerprint density at radius 3 is 0.632 bits per heavy atom. The maximum Gasteiger partial charge on any atom is 2.00 e. The number of rotatable bonds is 0. The first-order chi connectivity index (χ1) is 7.95. The molecule has 3 nitrogen and oxygen atoms in total. The molecule has 0 aromatic heterocycles. The van der Waals surface area contributed by atoms with Gasteiger partial charge in [0.15, 0.2) is 0 Å². The number of hydrogen-bond acceptors (Lipinski definition) is 0. The molecule has 0 amide bonds. The molecule has 109 valence electrons. The molecular formula is C8H5F6FeO3P+. The molecule has 1 aliphatic carbocycles. The Morgan fingerprint density at radius 1 is 0.526 bits per heavy atom. The van der Waals surface area contributed by atoms with Gasteiger partial charge in [-0.25, -0.2) is 0 Å².